The number of pyridine rings is 2. The molecule has 0 radical (unpaired) electrons. The van der Waals surface area contributed by atoms with E-state index in [1.54, 1.807) is 78.8 Å². The van der Waals surface area contributed by atoms with Gasteiger partial charge in [-0.2, -0.15) is 0 Å². The number of anilines is 2. The lowest BCUT2D eigenvalue weighted by molar-refractivity contribution is 0.0977. The van der Waals surface area contributed by atoms with Gasteiger partial charge in [0.15, 0.2) is 5.82 Å². The molecule has 0 aliphatic heterocycles. The fourth-order valence-corrected chi connectivity index (χ4v) is 4.84. The maximum atomic E-state index is 12.7. The normalized spacial score (nSPS) is 10.0. The van der Waals surface area contributed by atoms with Gasteiger partial charge in [0.05, 0.1) is 36.2 Å². The number of hydrogen-bond donors (Lipinski definition) is 0. The summed E-state index contributed by atoms with van der Waals surface area (Å²) >= 11 is 0. The zero-order chi connectivity index (χ0) is 33.9. The minimum Gasteiger partial charge on any atom is -0.327 e. The number of amides is 2. The first kappa shape index (κ1) is 35.5. The number of rotatable bonds is 7. The molecule has 4 aromatic heterocycles. The Hall–Kier alpha value is -6.34. The largest absolute Gasteiger partial charge is 0.327 e. The molecule has 6 rings (SSSR count). The van der Waals surface area contributed by atoms with E-state index in [0.29, 0.717) is 17.2 Å². The van der Waals surface area contributed by atoms with Crippen LogP contribution in [0, 0.1) is 11.8 Å². The lowest BCUT2D eigenvalue weighted by Crippen LogP contribution is -2.28. The molecule has 0 N–H and O–H groups in total. The third kappa shape index (κ3) is 8.93. The van der Waals surface area contributed by atoms with Crippen molar-refractivity contribution in [3.63, 3.8) is 0 Å². The summed E-state index contributed by atoms with van der Waals surface area (Å²) in [4.78, 5) is 45.2. The lowest BCUT2D eigenvalue weighted by Gasteiger charge is -2.17. The second-order valence-corrected chi connectivity index (χ2v) is 10.9. The molecule has 0 bridgehead atoms. The van der Waals surface area contributed by atoms with Crippen LogP contribution in [0.1, 0.15) is 52.6 Å². The van der Waals surface area contributed by atoms with Crippen LogP contribution in [-0.4, -0.2) is 55.0 Å². The molecule has 4 heterocycles. The zero-order valence-electron chi connectivity index (χ0n) is 27.4. The van der Waals surface area contributed by atoms with E-state index in [-0.39, 0.29) is 20.7 Å². The molecule has 0 aliphatic rings. The Bertz CT molecular complexity index is 2020. The minimum atomic E-state index is -0.161. The van der Waals surface area contributed by atoms with Crippen molar-refractivity contribution in [1.29, 1.82) is 0 Å². The fraction of sp³-hybridized carbons (Fsp3) is 0.179. The van der Waals surface area contributed by atoms with Crippen LogP contribution in [0.3, 0.4) is 0 Å². The van der Waals surface area contributed by atoms with Crippen LogP contribution in [0.2, 0.25) is 0 Å². The summed E-state index contributed by atoms with van der Waals surface area (Å²) in [5.74, 6) is 7.24. The molecule has 250 valence electrons. The summed E-state index contributed by atoms with van der Waals surface area (Å²) in [5.41, 5.74) is 4.69. The molecule has 10 heteroatoms. The summed E-state index contributed by atoms with van der Waals surface area (Å²) in [6, 6.07) is 27.2. The van der Waals surface area contributed by atoms with Gasteiger partial charge in [0.25, 0.3) is 11.8 Å². The molecule has 0 fully saturated rings. The molecule has 10 nitrogen and oxygen atoms in total. The Kier molecular flexibility index (Phi) is 12.3. The maximum absolute atomic E-state index is 12.7. The number of hydrogen-bond acceptors (Lipinski definition) is 6. The van der Waals surface area contributed by atoms with Gasteiger partial charge in [-0.15, -0.1) is 0 Å². The van der Waals surface area contributed by atoms with Crippen LogP contribution in [-0.2, 0) is 26.9 Å². The van der Waals surface area contributed by atoms with Crippen LogP contribution in [0.25, 0.3) is 0 Å². The molecule has 0 aliphatic carbocycles. The maximum Gasteiger partial charge on any atom is 0.276 e. The average Bonchev–Trinajstić information content (AvgIpc) is 3.71. The molecule has 0 saturated heterocycles. The number of benzene rings is 2. The molecule has 0 atom stereocenters. The van der Waals surface area contributed by atoms with Crippen LogP contribution in [0.5, 0.6) is 0 Å². The van der Waals surface area contributed by atoms with Gasteiger partial charge >= 0.3 is 0 Å². The number of aromatic nitrogens is 6. The molecule has 0 spiro atoms. The van der Waals surface area contributed by atoms with E-state index >= 15 is 0 Å². The van der Waals surface area contributed by atoms with E-state index < -0.39 is 0 Å². The minimum absolute atomic E-state index is 0. The van der Waals surface area contributed by atoms with E-state index in [9.17, 15) is 9.59 Å². The van der Waals surface area contributed by atoms with Crippen molar-refractivity contribution in [3.8, 4) is 11.8 Å². The second kappa shape index (κ2) is 17.0. The van der Waals surface area contributed by atoms with Crippen molar-refractivity contribution < 1.29 is 11.0 Å². The average molecular weight is 655 g/mol. The highest BCUT2D eigenvalue weighted by molar-refractivity contribution is 6.05. The molecule has 49 heavy (non-hydrogen) atoms. The van der Waals surface area contributed by atoms with Gasteiger partial charge in [-0.25, -0.2) is 9.97 Å². The smallest absolute Gasteiger partial charge is 0.276 e. The van der Waals surface area contributed by atoms with Gasteiger partial charge in [0.2, 0.25) is 0 Å². The fourth-order valence-electron chi connectivity index (χ4n) is 4.84. The molecule has 0 saturated carbocycles. The van der Waals surface area contributed by atoms with Crippen molar-refractivity contribution >= 4 is 23.2 Å². The van der Waals surface area contributed by atoms with E-state index in [0.717, 1.165) is 35.6 Å². The monoisotopic (exact) mass is 654 g/mol. The summed E-state index contributed by atoms with van der Waals surface area (Å²) in [6.07, 6.45) is 11.6. The summed E-state index contributed by atoms with van der Waals surface area (Å²) in [7, 11) is 7.13. The highest BCUT2D eigenvalue weighted by Gasteiger charge is 2.20. The lowest BCUT2D eigenvalue weighted by atomic mass is 10.1. The SMILES string of the molecule is C.CN(C(=O)c1cnc(C#Cc2ccccc2)n1C)c1cccnc1.CN(C(=O)c1cnc(CCc2ccccc2)n1C)c1cccnc1.[HH]. The Morgan fingerprint density at radius 2 is 1.18 bits per heavy atom. The second-order valence-electron chi connectivity index (χ2n) is 10.9. The van der Waals surface area contributed by atoms with Crippen LogP contribution < -0.4 is 9.80 Å². The van der Waals surface area contributed by atoms with Crippen LogP contribution in [0.4, 0.5) is 11.4 Å². The highest BCUT2D eigenvalue weighted by atomic mass is 16.2. The van der Waals surface area contributed by atoms with E-state index in [1.165, 1.54) is 5.56 Å². The molecular weight excluding hydrogens is 612 g/mol. The van der Waals surface area contributed by atoms with Gasteiger partial charge in [0.1, 0.15) is 17.2 Å². The number of aryl methyl sites for hydroxylation is 2. The molecule has 6 aromatic rings. The standard InChI is InChI=1S/C19H20N4O.C19H16N4O.CH4.H2/c2*1-22(16-9-6-12-20-13-16)19(24)17-14-21-18(23(17)2)11-10-15-7-4-3-5-8-15;;/h3-9,12-14H,10-11H2,1-2H3;3-9,12-14H,1-2H3;1H4;1H. The molecular formula is C39H42N8O2. The van der Waals surface area contributed by atoms with Crippen molar-refractivity contribution in [2.45, 2.75) is 20.3 Å². The number of carbonyl (C=O) groups is 2. The van der Waals surface area contributed by atoms with Crippen LogP contribution >= 0.6 is 0 Å². The van der Waals surface area contributed by atoms with Crippen molar-refractivity contribution in [3.05, 3.63) is 156 Å². The third-order valence-corrected chi connectivity index (χ3v) is 7.76. The van der Waals surface area contributed by atoms with Crippen LogP contribution in [0.15, 0.2) is 122 Å². The first-order chi connectivity index (χ1) is 23.3. The number of imidazole rings is 2. The van der Waals surface area contributed by atoms with Gasteiger partial charge in [-0.3, -0.25) is 19.6 Å². The number of carbonyl (C=O) groups excluding carboxylic acids is 2. The molecule has 2 amide bonds. The Morgan fingerprint density at radius 3 is 1.73 bits per heavy atom. The third-order valence-electron chi connectivity index (χ3n) is 7.76. The zero-order valence-corrected chi connectivity index (χ0v) is 27.4. The van der Waals surface area contributed by atoms with Gasteiger partial charge < -0.3 is 18.9 Å². The van der Waals surface area contributed by atoms with Gasteiger partial charge in [0, 0.05) is 54.0 Å². The summed E-state index contributed by atoms with van der Waals surface area (Å²) in [5, 5.41) is 0. The number of nitrogens with zero attached hydrogens (tertiary/aromatic N) is 8. The van der Waals surface area contributed by atoms with E-state index in [2.05, 4.69) is 43.9 Å². The van der Waals surface area contributed by atoms with Crippen molar-refractivity contribution in [2.24, 2.45) is 14.1 Å². The Labute approximate surface area is 289 Å². The molecule has 0 unspecified atom stereocenters. The van der Waals surface area contributed by atoms with Gasteiger partial charge in [-0.05, 0) is 54.3 Å². The highest BCUT2D eigenvalue weighted by Crippen LogP contribution is 2.16. The van der Waals surface area contributed by atoms with Gasteiger partial charge in [-0.1, -0.05) is 61.9 Å². The van der Waals surface area contributed by atoms with E-state index in [4.69, 9.17) is 0 Å². The predicted octanol–water partition coefficient (Wildman–Crippen LogP) is 6.25. The predicted molar refractivity (Wildman–Crippen MR) is 195 cm³/mol. The van der Waals surface area contributed by atoms with E-state index in [1.807, 2.05) is 78.3 Å². The topological polar surface area (TPSA) is 102 Å². The first-order valence-corrected chi connectivity index (χ1v) is 15.3. The Morgan fingerprint density at radius 1 is 0.653 bits per heavy atom. The van der Waals surface area contributed by atoms with Crippen molar-refractivity contribution in [2.75, 3.05) is 23.9 Å². The Balaban J connectivity index is 0.000000260. The quantitative estimate of drug-likeness (QED) is 0.189. The summed E-state index contributed by atoms with van der Waals surface area (Å²) < 4.78 is 3.57. The first-order valence-electron chi connectivity index (χ1n) is 15.3. The summed E-state index contributed by atoms with van der Waals surface area (Å²) in [6.45, 7) is 0. The van der Waals surface area contributed by atoms with Crippen molar-refractivity contribution in [1.82, 2.24) is 29.1 Å². The molecule has 2 aromatic carbocycles.